The third-order valence-electron chi connectivity index (χ3n) is 5.16. The van der Waals surface area contributed by atoms with Crippen LogP contribution in [0, 0.1) is 0 Å². The molecule has 3 nitrogen and oxygen atoms in total. The molecule has 1 aromatic heterocycles. The van der Waals surface area contributed by atoms with E-state index in [1.807, 2.05) is 49.4 Å². The molecule has 0 saturated heterocycles. The molecule has 0 N–H and O–H groups in total. The van der Waals surface area contributed by atoms with Crippen LogP contribution in [-0.4, -0.2) is 12.6 Å². The Kier molecular flexibility index (Phi) is 4.36. The van der Waals surface area contributed by atoms with E-state index >= 15 is 0 Å². The second-order valence-electron chi connectivity index (χ2n) is 6.86. The molecule has 0 aliphatic carbocycles. The molecule has 1 heterocycles. The Balaban J connectivity index is 1.74. The second-order valence-corrected chi connectivity index (χ2v) is 7.71. The van der Waals surface area contributed by atoms with Crippen LogP contribution in [0.25, 0.3) is 43.8 Å². The van der Waals surface area contributed by atoms with Crippen molar-refractivity contribution in [2.24, 2.45) is 0 Å². The lowest BCUT2D eigenvalue weighted by Crippen LogP contribution is -2.06. The summed E-state index contributed by atoms with van der Waals surface area (Å²) in [6.45, 7) is 2.15. The molecule has 0 atom stereocenters. The number of benzene rings is 4. The van der Waals surface area contributed by atoms with Gasteiger partial charge in [-0.3, -0.25) is 0 Å². The lowest BCUT2D eigenvalue weighted by atomic mass is 9.98. The van der Waals surface area contributed by atoms with Crippen molar-refractivity contribution in [2.75, 3.05) is 6.61 Å². The van der Waals surface area contributed by atoms with Gasteiger partial charge in [-0.05, 0) is 47.7 Å². The summed E-state index contributed by atoms with van der Waals surface area (Å²) in [4.78, 5) is 12.4. The third kappa shape index (κ3) is 2.91. The summed E-state index contributed by atoms with van der Waals surface area (Å²) in [5.74, 6) is -0.317. The van der Waals surface area contributed by atoms with Crippen LogP contribution in [-0.2, 0) is 4.74 Å². The zero-order valence-electron chi connectivity index (χ0n) is 15.7. The Hall–Kier alpha value is -3.11. The van der Waals surface area contributed by atoms with Crippen LogP contribution in [0.4, 0.5) is 0 Å². The highest BCUT2D eigenvalue weighted by Gasteiger charge is 2.16. The van der Waals surface area contributed by atoms with Crippen molar-refractivity contribution in [3.05, 3.63) is 82.8 Å². The smallest absolute Gasteiger partial charge is 0.338 e. The number of halogens is 1. The predicted octanol–water partition coefficient (Wildman–Crippen LogP) is 7.35. The van der Waals surface area contributed by atoms with E-state index in [-0.39, 0.29) is 5.97 Å². The van der Waals surface area contributed by atoms with Gasteiger partial charge in [0, 0.05) is 20.6 Å². The Morgan fingerprint density at radius 3 is 2.48 bits per heavy atom. The number of esters is 1. The Morgan fingerprint density at radius 2 is 1.66 bits per heavy atom. The van der Waals surface area contributed by atoms with E-state index in [2.05, 4.69) is 40.2 Å². The minimum Gasteiger partial charge on any atom is -0.462 e. The van der Waals surface area contributed by atoms with Crippen molar-refractivity contribution in [3.63, 3.8) is 0 Å². The molecule has 0 aliphatic rings. The van der Waals surface area contributed by atoms with Gasteiger partial charge >= 0.3 is 5.97 Å². The first-order valence-corrected chi connectivity index (χ1v) is 10.3. The van der Waals surface area contributed by atoms with Gasteiger partial charge in [-0.2, -0.15) is 0 Å². The Morgan fingerprint density at radius 1 is 0.897 bits per heavy atom. The normalized spacial score (nSPS) is 11.4. The van der Waals surface area contributed by atoms with Gasteiger partial charge in [0.15, 0.2) is 0 Å². The Labute approximate surface area is 176 Å². The zero-order chi connectivity index (χ0) is 20.0. The van der Waals surface area contributed by atoms with Gasteiger partial charge in [-0.1, -0.05) is 64.5 Å². The van der Waals surface area contributed by atoms with Crippen molar-refractivity contribution >= 4 is 54.6 Å². The van der Waals surface area contributed by atoms with E-state index in [0.29, 0.717) is 12.2 Å². The predicted molar refractivity (Wildman–Crippen MR) is 120 cm³/mol. The van der Waals surface area contributed by atoms with Gasteiger partial charge in [-0.25, -0.2) is 4.79 Å². The summed E-state index contributed by atoms with van der Waals surface area (Å²) in [6, 6.07) is 23.9. The highest BCUT2D eigenvalue weighted by molar-refractivity contribution is 9.10. The van der Waals surface area contributed by atoms with Crippen LogP contribution in [0.2, 0.25) is 0 Å². The number of ether oxygens (including phenoxy) is 1. The van der Waals surface area contributed by atoms with Crippen LogP contribution in [0.15, 0.2) is 81.7 Å². The Bertz CT molecular complexity index is 1400. The maximum atomic E-state index is 12.4. The number of hydrogen-bond donors (Lipinski definition) is 0. The van der Waals surface area contributed by atoms with Crippen molar-refractivity contribution in [1.29, 1.82) is 0 Å². The van der Waals surface area contributed by atoms with Crippen LogP contribution >= 0.6 is 15.9 Å². The molecular formula is C25H17BrO3. The maximum Gasteiger partial charge on any atom is 0.338 e. The monoisotopic (exact) mass is 444 g/mol. The van der Waals surface area contributed by atoms with E-state index in [1.165, 1.54) is 0 Å². The van der Waals surface area contributed by atoms with Crippen LogP contribution < -0.4 is 0 Å². The SMILES string of the molecule is CCOC(=O)c1ccccc1-c1ccc2c(c1)oc1c3ccccc3c(Br)cc21. The average molecular weight is 445 g/mol. The fraction of sp³-hybridized carbons (Fsp3) is 0.0800. The van der Waals surface area contributed by atoms with Crippen LogP contribution in [0.3, 0.4) is 0 Å². The van der Waals surface area contributed by atoms with Crippen molar-refractivity contribution < 1.29 is 13.9 Å². The number of hydrogen-bond acceptors (Lipinski definition) is 3. The van der Waals surface area contributed by atoms with E-state index in [4.69, 9.17) is 9.15 Å². The standard InChI is InChI=1S/C25H17BrO3/c1-2-28-25(27)20-10-6-3-7-16(20)15-11-12-18-21-14-22(26)17-8-4-5-9-19(17)24(21)29-23(18)13-15/h3-14H,2H2,1H3. The molecule has 4 heteroatoms. The van der Waals surface area contributed by atoms with Gasteiger partial charge in [0.2, 0.25) is 0 Å². The molecule has 5 rings (SSSR count). The van der Waals surface area contributed by atoms with Crippen molar-refractivity contribution in [1.82, 2.24) is 0 Å². The summed E-state index contributed by atoms with van der Waals surface area (Å²) >= 11 is 3.69. The van der Waals surface area contributed by atoms with Gasteiger partial charge < -0.3 is 9.15 Å². The van der Waals surface area contributed by atoms with Gasteiger partial charge in [0.05, 0.1) is 12.2 Å². The summed E-state index contributed by atoms with van der Waals surface area (Å²) in [7, 11) is 0. The summed E-state index contributed by atoms with van der Waals surface area (Å²) in [5.41, 5.74) is 3.97. The van der Waals surface area contributed by atoms with E-state index in [1.54, 1.807) is 6.07 Å². The van der Waals surface area contributed by atoms with Crippen LogP contribution in [0.1, 0.15) is 17.3 Å². The molecule has 0 aliphatic heterocycles. The molecule has 4 aromatic carbocycles. The first kappa shape index (κ1) is 18.0. The topological polar surface area (TPSA) is 39.4 Å². The van der Waals surface area contributed by atoms with Gasteiger partial charge in [-0.15, -0.1) is 0 Å². The van der Waals surface area contributed by atoms with Gasteiger partial charge in [0.25, 0.3) is 0 Å². The molecule has 0 spiro atoms. The highest BCUT2D eigenvalue weighted by atomic mass is 79.9. The molecule has 0 bridgehead atoms. The number of fused-ring (bicyclic) bond motifs is 5. The zero-order valence-corrected chi connectivity index (χ0v) is 17.3. The number of carbonyl (C=O) groups excluding carboxylic acids is 1. The second kappa shape index (κ2) is 7.05. The molecule has 29 heavy (non-hydrogen) atoms. The molecular weight excluding hydrogens is 428 g/mol. The molecule has 0 radical (unpaired) electrons. The number of rotatable bonds is 3. The molecule has 5 aromatic rings. The minimum atomic E-state index is -0.317. The van der Waals surface area contributed by atoms with Crippen LogP contribution in [0.5, 0.6) is 0 Å². The van der Waals surface area contributed by atoms with Gasteiger partial charge in [0.1, 0.15) is 11.2 Å². The third-order valence-corrected chi connectivity index (χ3v) is 5.82. The highest BCUT2D eigenvalue weighted by Crippen LogP contribution is 2.39. The molecule has 0 unspecified atom stereocenters. The molecule has 0 saturated carbocycles. The lowest BCUT2D eigenvalue weighted by Gasteiger charge is -2.09. The molecule has 0 amide bonds. The summed E-state index contributed by atoms with van der Waals surface area (Å²) < 4.78 is 12.6. The summed E-state index contributed by atoms with van der Waals surface area (Å²) in [6.07, 6.45) is 0. The summed E-state index contributed by atoms with van der Waals surface area (Å²) in [5, 5.41) is 4.30. The molecule has 0 fully saturated rings. The number of carbonyl (C=O) groups is 1. The van der Waals surface area contributed by atoms with Crippen molar-refractivity contribution in [2.45, 2.75) is 6.92 Å². The maximum absolute atomic E-state index is 12.4. The van der Waals surface area contributed by atoms with E-state index < -0.39 is 0 Å². The fourth-order valence-electron chi connectivity index (χ4n) is 3.84. The van der Waals surface area contributed by atoms with Crippen molar-refractivity contribution in [3.8, 4) is 11.1 Å². The number of furan rings is 1. The molecule has 142 valence electrons. The fourth-order valence-corrected chi connectivity index (χ4v) is 4.42. The first-order valence-electron chi connectivity index (χ1n) is 9.47. The van der Waals surface area contributed by atoms with E-state index in [9.17, 15) is 4.79 Å². The lowest BCUT2D eigenvalue weighted by molar-refractivity contribution is 0.0527. The first-order chi connectivity index (χ1) is 14.2. The largest absolute Gasteiger partial charge is 0.462 e. The minimum absolute atomic E-state index is 0.317. The van der Waals surface area contributed by atoms with E-state index in [0.717, 1.165) is 48.3 Å². The quantitative estimate of drug-likeness (QED) is 0.273. The average Bonchev–Trinajstić information content (AvgIpc) is 3.12.